The van der Waals surface area contributed by atoms with Crippen molar-refractivity contribution < 1.29 is 28.3 Å². The Morgan fingerprint density at radius 3 is 2.76 bits per heavy atom. The van der Waals surface area contributed by atoms with E-state index in [-0.39, 0.29) is 53.9 Å². The number of nitriles is 1. The third-order valence-electron chi connectivity index (χ3n) is 6.39. The van der Waals surface area contributed by atoms with Gasteiger partial charge < -0.3 is 19.6 Å². The lowest BCUT2D eigenvalue weighted by molar-refractivity contribution is -0.140. The Kier molecular flexibility index (Phi) is 4.60. The number of ketones is 1. The van der Waals surface area contributed by atoms with E-state index < -0.39 is 17.3 Å². The van der Waals surface area contributed by atoms with Gasteiger partial charge in [-0.1, -0.05) is 18.2 Å². The van der Waals surface area contributed by atoms with Gasteiger partial charge in [0.15, 0.2) is 5.78 Å². The quantitative estimate of drug-likeness (QED) is 0.710. The molecule has 33 heavy (non-hydrogen) atoms. The fourth-order valence-electron chi connectivity index (χ4n) is 5.03. The number of hydrogen-bond acceptors (Lipinski definition) is 8. The largest absolute Gasteiger partial charge is 0.469 e. The van der Waals surface area contributed by atoms with Crippen molar-refractivity contribution in [1.29, 1.82) is 5.26 Å². The van der Waals surface area contributed by atoms with Crippen LogP contribution in [-0.2, 0) is 29.3 Å². The van der Waals surface area contributed by atoms with E-state index in [0.717, 1.165) is 0 Å². The highest BCUT2D eigenvalue weighted by atomic mass is 16.5. The second-order valence-corrected chi connectivity index (χ2v) is 8.03. The molecule has 0 unspecified atom stereocenters. The highest BCUT2D eigenvalue weighted by Gasteiger charge is 2.62. The molecule has 5 rings (SSSR count). The molecule has 3 heterocycles. The van der Waals surface area contributed by atoms with E-state index >= 15 is 0 Å². The molecule has 9 nitrogen and oxygen atoms in total. The molecule has 1 aliphatic carbocycles. The first-order valence-corrected chi connectivity index (χ1v) is 10.3. The topological polar surface area (TPSA) is 136 Å². The van der Waals surface area contributed by atoms with Gasteiger partial charge in [0.25, 0.3) is 0 Å². The highest BCUT2D eigenvalue weighted by molar-refractivity contribution is 6.21. The van der Waals surface area contributed by atoms with E-state index in [0.29, 0.717) is 17.0 Å². The number of benzene rings is 1. The SMILES string of the molecule is COC(=O)CN1C(=O)[C@@]2(C(C#N)=C(N)OC3=C2C(=O)C[C@@H](c2ccco2)C3)c2ccccc21. The molecule has 1 aromatic heterocycles. The Balaban J connectivity index is 1.74. The number of ether oxygens (including phenoxy) is 2. The Morgan fingerprint density at radius 2 is 2.06 bits per heavy atom. The van der Waals surface area contributed by atoms with Crippen LogP contribution in [0.5, 0.6) is 0 Å². The third kappa shape index (κ3) is 2.74. The van der Waals surface area contributed by atoms with E-state index in [1.165, 1.54) is 18.3 Å². The number of methoxy groups -OCH3 is 1. The summed E-state index contributed by atoms with van der Waals surface area (Å²) in [5.41, 5.74) is 5.09. The molecule has 3 aliphatic rings. The lowest BCUT2D eigenvalue weighted by atomic mass is 9.64. The fraction of sp³-hybridized carbons (Fsp3) is 0.250. The minimum Gasteiger partial charge on any atom is -0.469 e. The first-order chi connectivity index (χ1) is 15.9. The monoisotopic (exact) mass is 445 g/mol. The number of esters is 1. The van der Waals surface area contributed by atoms with Gasteiger partial charge in [-0.2, -0.15) is 5.26 Å². The van der Waals surface area contributed by atoms with Gasteiger partial charge >= 0.3 is 5.97 Å². The van der Waals surface area contributed by atoms with Crippen molar-refractivity contribution in [1.82, 2.24) is 0 Å². The molecule has 0 saturated carbocycles. The van der Waals surface area contributed by atoms with Crippen LogP contribution in [0.4, 0.5) is 5.69 Å². The van der Waals surface area contributed by atoms with Crippen LogP contribution < -0.4 is 10.6 Å². The Bertz CT molecular complexity index is 1300. The number of carbonyl (C=O) groups excluding carboxylic acids is 3. The van der Waals surface area contributed by atoms with Crippen molar-refractivity contribution in [2.24, 2.45) is 5.73 Å². The van der Waals surface area contributed by atoms with Crippen LogP contribution in [0.2, 0.25) is 0 Å². The zero-order valence-electron chi connectivity index (χ0n) is 17.7. The maximum Gasteiger partial charge on any atom is 0.325 e. The summed E-state index contributed by atoms with van der Waals surface area (Å²) >= 11 is 0. The fourth-order valence-corrected chi connectivity index (χ4v) is 5.03. The van der Waals surface area contributed by atoms with E-state index in [4.69, 9.17) is 19.6 Å². The molecule has 0 fully saturated rings. The zero-order chi connectivity index (χ0) is 23.3. The lowest BCUT2D eigenvalue weighted by Gasteiger charge is -2.39. The van der Waals surface area contributed by atoms with E-state index in [1.54, 1.807) is 36.4 Å². The number of para-hydroxylation sites is 1. The first-order valence-electron chi connectivity index (χ1n) is 10.3. The van der Waals surface area contributed by atoms with Crippen LogP contribution in [0.25, 0.3) is 0 Å². The van der Waals surface area contributed by atoms with Crippen LogP contribution in [0, 0.1) is 11.3 Å². The molecule has 2 N–H and O–H groups in total. The van der Waals surface area contributed by atoms with Crippen LogP contribution in [0.1, 0.15) is 30.1 Å². The number of nitrogens with two attached hydrogens (primary N) is 1. The van der Waals surface area contributed by atoms with Crippen molar-refractivity contribution in [2.45, 2.75) is 24.2 Å². The molecule has 1 amide bonds. The number of anilines is 1. The minimum atomic E-state index is -1.79. The number of amides is 1. The molecular formula is C24H19N3O6. The molecule has 166 valence electrons. The van der Waals surface area contributed by atoms with Gasteiger partial charge in [-0.05, 0) is 18.2 Å². The summed E-state index contributed by atoms with van der Waals surface area (Å²) < 4.78 is 16.0. The van der Waals surface area contributed by atoms with Crippen LogP contribution in [0.15, 0.2) is 69.9 Å². The molecule has 2 aliphatic heterocycles. The lowest BCUT2D eigenvalue weighted by Crippen LogP contribution is -2.50. The number of furan rings is 1. The van der Waals surface area contributed by atoms with Gasteiger partial charge in [0.2, 0.25) is 11.8 Å². The van der Waals surface area contributed by atoms with E-state index in [1.807, 2.05) is 6.07 Å². The predicted molar refractivity (Wildman–Crippen MR) is 113 cm³/mol. The maximum atomic E-state index is 14.0. The number of rotatable bonds is 3. The van der Waals surface area contributed by atoms with E-state index in [2.05, 4.69) is 0 Å². The normalized spacial score (nSPS) is 23.9. The Hall–Kier alpha value is -4.32. The van der Waals surface area contributed by atoms with Gasteiger partial charge in [0.05, 0.1) is 18.9 Å². The smallest absolute Gasteiger partial charge is 0.325 e. The molecule has 0 bridgehead atoms. The minimum absolute atomic E-state index is 0.0719. The molecule has 1 spiro atoms. The predicted octanol–water partition coefficient (Wildman–Crippen LogP) is 2.16. The average Bonchev–Trinajstić information content (AvgIpc) is 3.42. The van der Waals surface area contributed by atoms with Gasteiger partial charge in [-0.25, -0.2) is 0 Å². The van der Waals surface area contributed by atoms with Crippen molar-refractivity contribution >= 4 is 23.3 Å². The maximum absolute atomic E-state index is 14.0. The number of allylic oxidation sites excluding steroid dienone is 1. The number of carbonyl (C=O) groups is 3. The molecular weight excluding hydrogens is 426 g/mol. The zero-order valence-corrected chi connectivity index (χ0v) is 17.7. The van der Waals surface area contributed by atoms with E-state index in [9.17, 15) is 19.6 Å². The molecule has 9 heteroatoms. The summed E-state index contributed by atoms with van der Waals surface area (Å²) in [6.45, 7) is -0.376. The highest BCUT2D eigenvalue weighted by Crippen LogP contribution is 2.56. The van der Waals surface area contributed by atoms with Crippen molar-refractivity contribution in [3.05, 3.63) is 76.8 Å². The van der Waals surface area contributed by atoms with Crippen LogP contribution in [-0.4, -0.2) is 31.3 Å². The average molecular weight is 445 g/mol. The molecule has 1 aromatic carbocycles. The van der Waals surface area contributed by atoms with Gasteiger partial charge in [-0.15, -0.1) is 0 Å². The van der Waals surface area contributed by atoms with Crippen molar-refractivity contribution in [2.75, 3.05) is 18.6 Å². The van der Waals surface area contributed by atoms with Gasteiger partial charge in [-0.3, -0.25) is 19.3 Å². The third-order valence-corrected chi connectivity index (χ3v) is 6.39. The summed E-state index contributed by atoms with van der Waals surface area (Å²) in [4.78, 5) is 41.0. The van der Waals surface area contributed by atoms with Gasteiger partial charge in [0, 0.05) is 30.0 Å². The summed E-state index contributed by atoms with van der Waals surface area (Å²) in [7, 11) is 1.22. The summed E-state index contributed by atoms with van der Waals surface area (Å²) in [6.07, 6.45) is 1.86. The molecule has 0 radical (unpaired) electrons. The first kappa shape index (κ1) is 20.6. The summed E-state index contributed by atoms with van der Waals surface area (Å²) in [6, 6.07) is 12.2. The number of hydrogen-bond donors (Lipinski definition) is 1. The molecule has 2 aromatic rings. The summed E-state index contributed by atoms with van der Waals surface area (Å²) in [5, 5.41) is 10.0. The Labute approximate surface area is 188 Å². The Morgan fingerprint density at radius 1 is 1.27 bits per heavy atom. The summed E-state index contributed by atoms with van der Waals surface area (Å²) in [5.74, 6) is -1.29. The number of nitrogens with zero attached hydrogens (tertiary/aromatic N) is 2. The second kappa shape index (κ2) is 7.38. The van der Waals surface area contributed by atoms with Crippen LogP contribution >= 0.6 is 0 Å². The molecule has 2 atom stereocenters. The second-order valence-electron chi connectivity index (χ2n) is 8.03. The number of fused-ring (bicyclic) bond motifs is 3. The van der Waals surface area contributed by atoms with Crippen molar-refractivity contribution in [3.63, 3.8) is 0 Å². The van der Waals surface area contributed by atoms with Crippen LogP contribution in [0.3, 0.4) is 0 Å². The molecule has 0 saturated heterocycles. The standard InChI is InChI=1S/C24H19N3O6/c1-31-20(29)12-27-16-6-3-2-5-14(16)24(23(27)30)15(11-25)22(26)33-19-10-13(9-17(28)21(19)24)18-7-4-8-32-18/h2-8,13H,9-10,12,26H2,1H3/t13-,24-/m1/s1. The van der Waals surface area contributed by atoms with Gasteiger partial charge in [0.1, 0.15) is 35.1 Å². The van der Waals surface area contributed by atoms with Crippen molar-refractivity contribution in [3.8, 4) is 6.07 Å². The number of Topliss-reactive ketones (excluding diaryl/α,β-unsaturated/α-hetero) is 1.